The quantitative estimate of drug-likeness (QED) is 0.816. The SMILES string of the molecule is CCN(C(=O)C1C2CCCCC21)C(C)CC(=O)O. The summed E-state index contributed by atoms with van der Waals surface area (Å²) < 4.78 is 0. The second kappa shape index (κ2) is 5.29. The van der Waals surface area contributed by atoms with Crippen molar-refractivity contribution in [1.29, 1.82) is 0 Å². The van der Waals surface area contributed by atoms with Gasteiger partial charge in [-0.2, -0.15) is 0 Å². The highest BCUT2D eigenvalue weighted by atomic mass is 16.4. The summed E-state index contributed by atoms with van der Waals surface area (Å²) in [7, 11) is 0. The largest absolute Gasteiger partial charge is 0.481 e. The van der Waals surface area contributed by atoms with Gasteiger partial charge in [-0.1, -0.05) is 12.8 Å². The highest BCUT2D eigenvalue weighted by Crippen LogP contribution is 2.56. The lowest BCUT2D eigenvalue weighted by Gasteiger charge is -2.27. The third kappa shape index (κ3) is 2.52. The van der Waals surface area contributed by atoms with Gasteiger partial charge in [0.2, 0.25) is 5.91 Å². The Morgan fingerprint density at radius 3 is 2.28 bits per heavy atom. The number of nitrogens with zero attached hydrogens (tertiary/aromatic N) is 1. The Kier molecular flexibility index (Phi) is 3.93. The maximum atomic E-state index is 12.5. The standard InChI is InChI=1S/C14H23NO3/c1-3-15(9(2)8-12(16)17)14(18)13-10-6-4-5-7-11(10)13/h9-11,13H,3-8H2,1-2H3,(H,16,17). The van der Waals surface area contributed by atoms with E-state index in [0.717, 1.165) is 0 Å². The topological polar surface area (TPSA) is 57.6 Å². The Labute approximate surface area is 108 Å². The summed E-state index contributed by atoms with van der Waals surface area (Å²) in [4.78, 5) is 25.0. The molecule has 2 saturated carbocycles. The maximum Gasteiger partial charge on any atom is 0.305 e. The average molecular weight is 253 g/mol. The van der Waals surface area contributed by atoms with Gasteiger partial charge in [0.25, 0.3) is 0 Å². The Bertz CT molecular complexity index is 330. The van der Waals surface area contributed by atoms with Crippen molar-refractivity contribution < 1.29 is 14.7 Å². The van der Waals surface area contributed by atoms with Crippen LogP contribution in [-0.2, 0) is 9.59 Å². The van der Waals surface area contributed by atoms with Crippen molar-refractivity contribution in [1.82, 2.24) is 4.90 Å². The third-order valence-electron chi connectivity index (χ3n) is 4.57. The summed E-state index contributed by atoms with van der Waals surface area (Å²) in [5.41, 5.74) is 0. The zero-order valence-corrected chi connectivity index (χ0v) is 11.3. The number of fused-ring (bicyclic) bond motifs is 1. The van der Waals surface area contributed by atoms with E-state index in [0.29, 0.717) is 18.4 Å². The number of amides is 1. The minimum Gasteiger partial charge on any atom is -0.481 e. The van der Waals surface area contributed by atoms with Crippen molar-refractivity contribution in [2.24, 2.45) is 17.8 Å². The molecule has 1 N–H and O–H groups in total. The normalized spacial score (nSPS) is 31.3. The van der Waals surface area contributed by atoms with Crippen molar-refractivity contribution in [3.63, 3.8) is 0 Å². The molecule has 0 spiro atoms. The van der Waals surface area contributed by atoms with Gasteiger partial charge in [0.05, 0.1) is 6.42 Å². The van der Waals surface area contributed by atoms with Crippen LogP contribution in [0.5, 0.6) is 0 Å². The van der Waals surface area contributed by atoms with Gasteiger partial charge in [-0.25, -0.2) is 0 Å². The van der Waals surface area contributed by atoms with Crippen LogP contribution >= 0.6 is 0 Å². The van der Waals surface area contributed by atoms with Crippen LogP contribution in [0.15, 0.2) is 0 Å². The van der Waals surface area contributed by atoms with Crippen LogP contribution in [0.3, 0.4) is 0 Å². The van der Waals surface area contributed by atoms with Gasteiger partial charge in [0.15, 0.2) is 0 Å². The molecular weight excluding hydrogens is 230 g/mol. The smallest absolute Gasteiger partial charge is 0.305 e. The van der Waals surface area contributed by atoms with Crippen molar-refractivity contribution in [2.45, 2.75) is 52.0 Å². The molecule has 18 heavy (non-hydrogen) atoms. The van der Waals surface area contributed by atoms with Gasteiger partial charge in [0, 0.05) is 18.5 Å². The number of aliphatic carboxylic acids is 1. The highest BCUT2D eigenvalue weighted by molar-refractivity contribution is 5.83. The van der Waals surface area contributed by atoms with Gasteiger partial charge >= 0.3 is 5.97 Å². The van der Waals surface area contributed by atoms with Crippen molar-refractivity contribution in [3.05, 3.63) is 0 Å². The molecule has 2 aliphatic carbocycles. The monoisotopic (exact) mass is 253 g/mol. The van der Waals surface area contributed by atoms with E-state index in [9.17, 15) is 9.59 Å². The van der Waals surface area contributed by atoms with Crippen LogP contribution in [0.1, 0.15) is 46.0 Å². The van der Waals surface area contributed by atoms with Crippen molar-refractivity contribution >= 4 is 11.9 Å². The van der Waals surface area contributed by atoms with Gasteiger partial charge in [-0.05, 0) is 38.5 Å². The summed E-state index contributed by atoms with van der Waals surface area (Å²) >= 11 is 0. The Balaban J connectivity index is 1.96. The van der Waals surface area contributed by atoms with Crippen LogP contribution in [0, 0.1) is 17.8 Å². The fraction of sp³-hybridized carbons (Fsp3) is 0.857. The fourth-order valence-electron chi connectivity index (χ4n) is 3.60. The first-order valence-corrected chi connectivity index (χ1v) is 7.08. The summed E-state index contributed by atoms with van der Waals surface area (Å²) in [6.07, 6.45) is 4.92. The first-order chi connectivity index (χ1) is 8.56. The van der Waals surface area contributed by atoms with Crippen molar-refractivity contribution in [2.75, 3.05) is 6.54 Å². The molecule has 0 aliphatic heterocycles. The molecule has 2 fully saturated rings. The van der Waals surface area contributed by atoms with E-state index < -0.39 is 5.97 Å². The van der Waals surface area contributed by atoms with E-state index in [1.807, 2.05) is 13.8 Å². The Hall–Kier alpha value is -1.06. The molecule has 3 atom stereocenters. The van der Waals surface area contributed by atoms with Gasteiger partial charge in [-0.3, -0.25) is 9.59 Å². The molecule has 4 heteroatoms. The molecule has 0 saturated heterocycles. The van der Waals surface area contributed by atoms with E-state index in [-0.39, 0.29) is 24.3 Å². The molecule has 2 rings (SSSR count). The first-order valence-electron chi connectivity index (χ1n) is 7.08. The molecular formula is C14H23NO3. The second-order valence-electron chi connectivity index (χ2n) is 5.71. The predicted molar refractivity (Wildman–Crippen MR) is 68.0 cm³/mol. The van der Waals surface area contributed by atoms with E-state index in [1.54, 1.807) is 4.90 Å². The number of rotatable bonds is 5. The molecule has 0 aromatic heterocycles. The van der Waals surface area contributed by atoms with Crippen LogP contribution in [0.25, 0.3) is 0 Å². The van der Waals surface area contributed by atoms with Gasteiger partial charge in [-0.15, -0.1) is 0 Å². The summed E-state index contributed by atoms with van der Waals surface area (Å²) in [6, 6.07) is -0.192. The average Bonchev–Trinajstić information content (AvgIpc) is 3.02. The third-order valence-corrected chi connectivity index (χ3v) is 4.57. The first kappa shape index (κ1) is 13.4. The molecule has 3 unspecified atom stereocenters. The molecule has 1 amide bonds. The lowest BCUT2D eigenvalue weighted by atomic mass is 10.0. The number of carboxylic acid groups (broad SMARTS) is 1. The molecule has 0 aromatic rings. The predicted octanol–water partition coefficient (Wildman–Crippen LogP) is 2.13. The molecule has 0 radical (unpaired) electrons. The Morgan fingerprint density at radius 1 is 1.28 bits per heavy atom. The fourth-order valence-corrected chi connectivity index (χ4v) is 3.60. The lowest BCUT2D eigenvalue weighted by Crippen LogP contribution is -2.41. The summed E-state index contributed by atoms with van der Waals surface area (Å²) in [5.74, 6) is 0.753. The molecule has 0 aromatic carbocycles. The number of carbonyl (C=O) groups is 2. The molecule has 0 bridgehead atoms. The van der Waals surface area contributed by atoms with E-state index >= 15 is 0 Å². The van der Waals surface area contributed by atoms with Crippen LogP contribution in [-0.4, -0.2) is 34.5 Å². The van der Waals surface area contributed by atoms with Crippen LogP contribution in [0.2, 0.25) is 0 Å². The minimum absolute atomic E-state index is 0.0433. The molecule has 102 valence electrons. The van der Waals surface area contributed by atoms with E-state index in [1.165, 1.54) is 25.7 Å². The van der Waals surface area contributed by atoms with Crippen LogP contribution < -0.4 is 0 Å². The van der Waals surface area contributed by atoms with Gasteiger partial charge < -0.3 is 10.0 Å². The lowest BCUT2D eigenvalue weighted by molar-refractivity contribution is -0.141. The van der Waals surface area contributed by atoms with Gasteiger partial charge in [0.1, 0.15) is 0 Å². The van der Waals surface area contributed by atoms with Crippen LogP contribution in [0.4, 0.5) is 0 Å². The molecule has 2 aliphatic rings. The maximum absolute atomic E-state index is 12.5. The number of carboxylic acids is 1. The second-order valence-corrected chi connectivity index (χ2v) is 5.71. The summed E-state index contributed by atoms with van der Waals surface area (Å²) in [5, 5.41) is 8.83. The van der Waals surface area contributed by atoms with Crippen molar-refractivity contribution in [3.8, 4) is 0 Å². The summed E-state index contributed by atoms with van der Waals surface area (Å²) in [6.45, 7) is 4.38. The van der Waals surface area contributed by atoms with E-state index in [2.05, 4.69) is 0 Å². The Morgan fingerprint density at radius 2 is 1.83 bits per heavy atom. The molecule has 0 heterocycles. The van der Waals surface area contributed by atoms with E-state index in [4.69, 9.17) is 5.11 Å². The zero-order valence-electron chi connectivity index (χ0n) is 11.3. The highest BCUT2D eigenvalue weighted by Gasteiger charge is 2.55. The number of hydrogen-bond donors (Lipinski definition) is 1. The zero-order chi connectivity index (χ0) is 13.3. The number of hydrogen-bond acceptors (Lipinski definition) is 2. The minimum atomic E-state index is -0.832. The molecule has 4 nitrogen and oxygen atoms in total. The number of carbonyl (C=O) groups excluding carboxylic acids is 1.